The normalized spacial score (nSPS) is 16.2. The number of hydrogen-bond acceptors (Lipinski definition) is 12. The number of amides is 1. The van der Waals surface area contributed by atoms with E-state index in [1.54, 1.807) is 0 Å². The van der Waals surface area contributed by atoms with Gasteiger partial charge in [0.25, 0.3) is 0 Å². The number of anilines is 2. The average Bonchev–Trinajstić information content (AvgIpc) is 3.48. The summed E-state index contributed by atoms with van der Waals surface area (Å²) in [6.45, 7) is 6.80. The fourth-order valence-corrected chi connectivity index (χ4v) is 5.68. The van der Waals surface area contributed by atoms with Crippen molar-refractivity contribution in [3.05, 3.63) is 23.5 Å². The van der Waals surface area contributed by atoms with E-state index in [1.165, 1.54) is 32.1 Å². The van der Waals surface area contributed by atoms with Gasteiger partial charge in [-0.3, -0.25) is 9.59 Å². The Hall–Kier alpha value is -3.36. The minimum Gasteiger partial charge on any atom is -0.480 e. The molecule has 3 heterocycles. The third-order valence-corrected chi connectivity index (χ3v) is 8.06. The maximum Gasteiger partial charge on any atom is 0.317 e. The van der Waals surface area contributed by atoms with E-state index >= 15 is 0 Å². The molecule has 2 aromatic rings. The SMILES string of the molecule is Cc1cc(NC2CCN(C(=O)CCNCC(=O)O)CC2)nc(NCc2nnc(CCCNCCCNC3CCCCC3)o2)n1. The fourth-order valence-electron chi connectivity index (χ4n) is 5.68. The summed E-state index contributed by atoms with van der Waals surface area (Å²) in [5, 5.41) is 33.7. The van der Waals surface area contributed by atoms with Crippen molar-refractivity contribution in [3.8, 4) is 0 Å². The number of carbonyl (C=O) groups excluding carboxylic acids is 1. The second-order valence-corrected chi connectivity index (χ2v) is 11.8. The molecular formula is C30H50N10O4. The predicted octanol–water partition coefficient (Wildman–Crippen LogP) is 2.08. The van der Waals surface area contributed by atoms with E-state index in [0.29, 0.717) is 50.3 Å². The summed E-state index contributed by atoms with van der Waals surface area (Å²) in [6.07, 6.45) is 11.5. The second kappa shape index (κ2) is 18.4. The second-order valence-electron chi connectivity index (χ2n) is 11.8. The third-order valence-electron chi connectivity index (χ3n) is 8.06. The molecule has 1 aliphatic heterocycles. The Kier molecular flexibility index (Phi) is 14.1. The van der Waals surface area contributed by atoms with Crippen LogP contribution < -0.4 is 26.6 Å². The number of likely N-dealkylation sites (tertiary alicyclic amines) is 1. The molecule has 14 heteroatoms. The molecule has 0 bridgehead atoms. The lowest BCUT2D eigenvalue weighted by Crippen LogP contribution is -2.43. The van der Waals surface area contributed by atoms with Crippen LogP contribution in [0.4, 0.5) is 11.8 Å². The van der Waals surface area contributed by atoms with Gasteiger partial charge in [-0.15, -0.1) is 10.2 Å². The van der Waals surface area contributed by atoms with Crippen LogP contribution in [0.1, 0.15) is 81.7 Å². The molecule has 0 unspecified atom stereocenters. The standard InChI is InChI=1S/C30H50N10O4/c1-22-19-25(36-24-11-17-40(18-12-24)28(41)10-16-32-21-29(42)43)37-30(35-22)34-20-27-39-38-26(44-27)9-5-13-31-14-6-15-33-23-7-3-2-4-8-23/h19,23-24,31-33H,2-18,20-21H2,1H3,(H,42,43)(H2,34,35,36,37). The Morgan fingerprint density at radius 3 is 2.50 bits per heavy atom. The molecule has 1 aliphatic carbocycles. The number of carboxylic acids is 1. The van der Waals surface area contributed by atoms with Crippen molar-refractivity contribution in [1.29, 1.82) is 0 Å². The number of hydrogen-bond donors (Lipinski definition) is 6. The summed E-state index contributed by atoms with van der Waals surface area (Å²) in [5.41, 5.74) is 0.829. The Labute approximate surface area is 260 Å². The molecule has 0 aromatic carbocycles. The van der Waals surface area contributed by atoms with Crippen LogP contribution in [-0.2, 0) is 22.6 Å². The van der Waals surface area contributed by atoms with Gasteiger partial charge < -0.3 is 41.0 Å². The van der Waals surface area contributed by atoms with E-state index in [4.69, 9.17) is 9.52 Å². The van der Waals surface area contributed by atoms with Crippen LogP contribution >= 0.6 is 0 Å². The van der Waals surface area contributed by atoms with Gasteiger partial charge in [0.05, 0.1) is 13.1 Å². The Balaban J connectivity index is 1.09. The van der Waals surface area contributed by atoms with Crippen LogP contribution in [-0.4, -0.2) is 99.9 Å². The minimum absolute atomic E-state index is 0.0413. The number of carboxylic acid groups (broad SMARTS) is 1. The Bertz CT molecular complexity index is 1150. The van der Waals surface area contributed by atoms with Crippen molar-refractivity contribution >= 4 is 23.6 Å². The number of aromatic nitrogens is 4. The first kappa shape index (κ1) is 33.5. The molecule has 1 saturated carbocycles. The number of nitrogens with zero attached hydrogens (tertiary/aromatic N) is 5. The monoisotopic (exact) mass is 614 g/mol. The van der Waals surface area contributed by atoms with Gasteiger partial charge in [0.15, 0.2) is 0 Å². The van der Waals surface area contributed by atoms with Crippen molar-refractivity contribution in [2.75, 3.05) is 56.4 Å². The predicted molar refractivity (Wildman–Crippen MR) is 167 cm³/mol. The van der Waals surface area contributed by atoms with Gasteiger partial charge >= 0.3 is 5.97 Å². The summed E-state index contributed by atoms with van der Waals surface area (Å²) in [7, 11) is 0. The molecule has 4 rings (SSSR count). The molecule has 14 nitrogen and oxygen atoms in total. The lowest BCUT2D eigenvalue weighted by molar-refractivity contribution is -0.136. The first-order chi connectivity index (χ1) is 21.4. The van der Waals surface area contributed by atoms with Gasteiger partial charge in [0.2, 0.25) is 23.6 Å². The highest BCUT2D eigenvalue weighted by Gasteiger charge is 2.23. The summed E-state index contributed by atoms with van der Waals surface area (Å²) in [6, 6.07) is 2.82. The third kappa shape index (κ3) is 12.3. The van der Waals surface area contributed by atoms with Gasteiger partial charge in [-0.05, 0) is 65.1 Å². The van der Waals surface area contributed by atoms with Crippen molar-refractivity contribution in [1.82, 2.24) is 41.0 Å². The number of aliphatic carboxylic acids is 1. The van der Waals surface area contributed by atoms with Gasteiger partial charge in [0, 0.05) is 56.3 Å². The Morgan fingerprint density at radius 1 is 0.932 bits per heavy atom. The van der Waals surface area contributed by atoms with Crippen molar-refractivity contribution in [2.24, 2.45) is 0 Å². The zero-order valence-corrected chi connectivity index (χ0v) is 26.1. The molecule has 6 N–H and O–H groups in total. The molecule has 44 heavy (non-hydrogen) atoms. The first-order valence-electron chi connectivity index (χ1n) is 16.3. The smallest absolute Gasteiger partial charge is 0.317 e. The lowest BCUT2D eigenvalue weighted by atomic mass is 9.95. The summed E-state index contributed by atoms with van der Waals surface area (Å²) in [4.78, 5) is 33.9. The molecule has 1 amide bonds. The molecule has 0 atom stereocenters. The lowest BCUT2D eigenvalue weighted by Gasteiger charge is -2.32. The maximum atomic E-state index is 12.4. The van der Waals surface area contributed by atoms with E-state index in [2.05, 4.69) is 46.7 Å². The molecule has 2 aliphatic rings. The van der Waals surface area contributed by atoms with Crippen LogP contribution in [0.3, 0.4) is 0 Å². The molecule has 1 saturated heterocycles. The van der Waals surface area contributed by atoms with Gasteiger partial charge in [-0.25, -0.2) is 4.98 Å². The number of aryl methyl sites for hydroxylation is 2. The molecular weight excluding hydrogens is 564 g/mol. The highest BCUT2D eigenvalue weighted by atomic mass is 16.4. The van der Waals surface area contributed by atoms with Crippen molar-refractivity contribution in [3.63, 3.8) is 0 Å². The fraction of sp³-hybridized carbons (Fsp3) is 0.733. The van der Waals surface area contributed by atoms with E-state index in [-0.39, 0.29) is 18.5 Å². The number of nitrogens with one attached hydrogen (secondary N) is 5. The van der Waals surface area contributed by atoms with Crippen LogP contribution in [0, 0.1) is 6.92 Å². The summed E-state index contributed by atoms with van der Waals surface area (Å²) >= 11 is 0. The van der Waals surface area contributed by atoms with Crippen LogP contribution in [0.15, 0.2) is 10.5 Å². The van der Waals surface area contributed by atoms with E-state index in [9.17, 15) is 9.59 Å². The minimum atomic E-state index is -0.927. The summed E-state index contributed by atoms with van der Waals surface area (Å²) in [5.74, 6) is 1.46. The highest BCUT2D eigenvalue weighted by molar-refractivity contribution is 5.76. The molecule has 2 aromatic heterocycles. The van der Waals surface area contributed by atoms with Gasteiger partial charge in [-0.1, -0.05) is 19.3 Å². The van der Waals surface area contributed by atoms with E-state index in [0.717, 1.165) is 69.3 Å². The van der Waals surface area contributed by atoms with E-state index < -0.39 is 5.97 Å². The largest absolute Gasteiger partial charge is 0.480 e. The first-order valence-corrected chi connectivity index (χ1v) is 16.3. The molecule has 244 valence electrons. The average molecular weight is 615 g/mol. The molecule has 2 fully saturated rings. The van der Waals surface area contributed by atoms with Crippen LogP contribution in [0.2, 0.25) is 0 Å². The zero-order valence-electron chi connectivity index (χ0n) is 26.1. The Morgan fingerprint density at radius 2 is 1.70 bits per heavy atom. The highest BCUT2D eigenvalue weighted by Crippen LogP contribution is 2.19. The van der Waals surface area contributed by atoms with Gasteiger partial charge in [-0.2, -0.15) is 4.98 Å². The molecule has 0 radical (unpaired) electrons. The van der Waals surface area contributed by atoms with E-state index in [1.807, 2.05) is 17.9 Å². The van der Waals surface area contributed by atoms with Crippen LogP contribution in [0.25, 0.3) is 0 Å². The number of rotatable bonds is 19. The van der Waals surface area contributed by atoms with Crippen LogP contribution in [0.5, 0.6) is 0 Å². The topological polar surface area (TPSA) is 182 Å². The number of piperidine rings is 1. The van der Waals surface area contributed by atoms with Crippen molar-refractivity contribution < 1.29 is 19.1 Å². The molecule has 0 spiro atoms. The summed E-state index contributed by atoms with van der Waals surface area (Å²) < 4.78 is 5.81. The zero-order chi connectivity index (χ0) is 31.0. The van der Waals surface area contributed by atoms with Gasteiger partial charge in [0.1, 0.15) is 5.82 Å². The number of carbonyl (C=O) groups is 2. The van der Waals surface area contributed by atoms with Crippen molar-refractivity contribution in [2.45, 2.75) is 96.2 Å². The quantitative estimate of drug-likeness (QED) is 0.127. The maximum absolute atomic E-state index is 12.4.